The van der Waals surface area contributed by atoms with Gasteiger partial charge in [0.25, 0.3) is 0 Å². The van der Waals surface area contributed by atoms with Gasteiger partial charge in [-0.2, -0.15) is 0 Å². The number of hydrogen-bond acceptors (Lipinski definition) is 1. The van der Waals surface area contributed by atoms with Crippen LogP contribution in [0.4, 0.5) is 0 Å². The third-order valence-electron chi connectivity index (χ3n) is 3.57. The lowest BCUT2D eigenvalue weighted by Gasteiger charge is -2.15. The Morgan fingerprint density at radius 3 is 2.31 bits per heavy atom. The van der Waals surface area contributed by atoms with Gasteiger partial charge in [0.2, 0.25) is 0 Å². The van der Waals surface area contributed by atoms with Crippen LogP contribution in [0.3, 0.4) is 0 Å². The zero-order valence-corrected chi connectivity index (χ0v) is 8.04. The van der Waals surface area contributed by atoms with Gasteiger partial charge in [-0.25, -0.2) is 0 Å². The summed E-state index contributed by atoms with van der Waals surface area (Å²) in [7, 11) is 0. The lowest BCUT2D eigenvalue weighted by Crippen LogP contribution is -2.18. The predicted octanol–water partition coefficient (Wildman–Crippen LogP) is 2.68. The summed E-state index contributed by atoms with van der Waals surface area (Å²) in [6.45, 7) is 0. The SMILES string of the molecule is O=C(O)C(CC1CCCC1)C1CC1. The van der Waals surface area contributed by atoms with Crippen molar-refractivity contribution in [1.29, 1.82) is 0 Å². The first-order valence-corrected chi connectivity index (χ1v) is 5.50. The molecular weight excluding hydrogens is 164 g/mol. The van der Waals surface area contributed by atoms with Crippen LogP contribution in [0.2, 0.25) is 0 Å². The number of rotatable bonds is 4. The minimum Gasteiger partial charge on any atom is -0.481 e. The molecular formula is C11H18O2. The molecule has 2 aliphatic carbocycles. The van der Waals surface area contributed by atoms with Crippen LogP contribution >= 0.6 is 0 Å². The van der Waals surface area contributed by atoms with Crippen molar-refractivity contribution in [2.24, 2.45) is 17.8 Å². The second-order valence-electron chi connectivity index (χ2n) is 4.67. The third kappa shape index (κ3) is 2.23. The van der Waals surface area contributed by atoms with Crippen molar-refractivity contribution in [2.75, 3.05) is 0 Å². The van der Waals surface area contributed by atoms with Gasteiger partial charge in [-0.05, 0) is 31.1 Å². The minimum atomic E-state index is -0.547. The highest BCUT2D eigenvalue weighted by atomic mass is 16.4. The molecule has 2 rings (SSSR count). The van der Waals surface area contributed by atoms with Gasteiger partial charge < -0.3 is 5.11 Å². The van der Waals surface area contributed by atoms with Crippen LogP contribution < -0.4 is 0 Å². The third-order valence-corrected chi connectivity index (χ3v) is 3.57. The molecule has 0 aromatic carbocycles. The molecule has 0 aromatic heterocycles. The molecule has 0 saturated heterocycles. The lowest BCUT2D eigenvalue weighted by molar-refractivity contribution is -0.143. The summed E-state index contributed by atoms with van der Waals surface area (Å²) >= 11 is 0. The van der Waals surface area contributed by atoms with Gasteiger partial charge >= 0.3 is 5.97 Å². The van der Waals surface area contributed by atoms with Crippen LogP contribution in [0.1, 0.15) is 44.9 Å². The molecule has 0 aromatic rings. The molecule has 2 saturated carbocycles. The molecule has 0 spiro atoms. The van der Waals surface area contributed by atoms with E-state index in [0.717, 1.165) is 25.2 Å². The molecule has 13 heavy (non-hydrogen) atoms. The van der Waals surface area contributed by atoms with Gasteiger partial charge in [0.1, 0.15) is 0 Å². The van der Waals surface area contributed by atoms with Crippen LogP contribution in [0.25, 0.3) is 0 Å². The summed E-state index contributed by atoms with van der Waals surface area (Å²) in [6, 6.07) is 0. The maximum absolute atomic E-state index is 11.0. The predicted molar refractivity (Wildman–Crippen MR) is 50.4 cm³/mol. The summed E-state index contributed by atoms with van der Waals surface area (Å²) in [5, 5.41) is 9.04. The van der Waals surface area contributed by atoms with Gasteiger partial charge in [-0.1, -0.05) is 25.7 Å². The summed E-state index contributed by atoms with van der Waals surface area (Å²) < 4.78 is 0. The molecule has 0 bridgehead atoms. The normalized spacial score (nSPS) is 26.2. The quantitative estimate of drug-likeness (QED) is 0.725. The Morgan fingerprint density at radius 1 is 1.23 bits per heavy atom. The van der Waals surface area contributed by atoms with Crippen LogP contribution in [-0.4, -0.2) is 11.1 Å². The van der Waals surface area contributed by atoms with Gasteiger partial charge in [0.05, 0.1) is 5.92 Å². The summed E-state index contributed by atoms with van der Waals surface area (Å²) in [5.41, 5.74) is 0. The van der Waals surface area contributed by atoms with Crippen molar-refractivity contribution >= 4 is 5.97 Å². The van der Waals surface area contributed by atoms with Gasteiger partial charge in [-0.3, -0.25) is 4.79 Å². The highest BCUT2D eigenvalue weighted by molar-refractivity contribution is 5.70. The Kier molecular flexibility index (Phi) is 2.56. The Labute approximate surface area is 79.3 Å². The molecule has 0 amide bonds. The second-order valence-corrected chi connectivity index (χ2v) is 4.67. The molecule has 0 radical (unpaired) electrons. The summed E-state index contributed by atoms with van der Waals surface area (Å²) in [5.74, 6) is 0.692. The van der Waals surface area contributed by atoms with Gasteiger partial charge in [-0.15, -0.1) is 0 Å². The first kappa shape index (κ1) is 9.04. The number of aliphatic carboxylic acids is 1. The summed E-state index contributed by atoms with van der Waals surface area (Å²) in [6.07, 6.45) is 8.46. The number of carbonyl (C=O) groups is 1. The van der Waals surface area contributed by atoms with E-state index in [-0.39, 0.29) is 5.92 Å². The fourth-order valence-corrected chi connectivity index (χ4v) is 2.60. The number of carboxylic acids is 1. The highest BCUT2D eigenvalue weighted by Crippen LogP contribution is 2.42. The van der Waals surface area contributed by atoms with E-state index in [1.54, 1.807) is 0 Å². The molecule has 0 heterocycles. The van der Waals surface area contributed by atoms with Crippen molar-refractivity contribution in [3.63, 3.8) is 0 Å². The molecule has 1 unspecified atom stereocenters. The molecule has 2 aliphatic rings. The molecule has 2 fully saturated rings. The topological polar surface area (TPSA) is 37.3 Å². The summed E-state index contributed by atoms with van der Waals surface area (Å²) in [4.78, 5) is 11.0. The molecule has 2 nitrogen and oxygen atoms in total. The monoisotopic (exact) mass is 182 g/mol. The van der Waals surface area contributed by atoms with E-state index in [2.05, 4.69) is 0 Å². The lowest BCUT2D eigenvalue weighted by atomic mass is 9.90. The number of hydrogen-bond donors (Lipinski definition) is 1. The van der Waals surface area contributed by atoms with Crippen molar-refractivity contribution < 1.29 is 9.90 Å². The standard InChI is InChI=1S/C11H18O2/c12-11(13)10(9-5-6-9)7-8-3-1-2-4-8/h8-10H,1-7H2,(H,12,13). The van der Waals surface area contributed by atoms with E-state index in [1.165, 1.54) is 25.7 Å². The minimum absolute atomic E-state index is 0.0110. The molecule has 0 aliphatic heterocycles. The fourth-order valence-electron chi connectivity index (χ4n) is 2.60. The van der Waals surface area contributed by atoms with E-state index in [4.69, 9.17) is 5.11 Å². The maximum Gasteiger partial charge on any atom is 0.306 e. The van der Waals surface area contributed by atoms with E-state index in [9.17, 15) is 4.79 Å². The van der Waals surface area contributed by atoms with Crippen molar-refractivity contribution in [1.82, 2.24) is 0 Å². The number of carboxylic acid groups (broad SMARTS) is 1. The van der Waals surface area contributed by atoms with E-state index in [0.29, 0.717) is 5.92 Å². The Hall–Kier alpha value is -0.530. The molecule has 1 N–H and O–H groups in total. The van der Waals surface area contributed by atoms with Crippen molar-refractivity contribution in [3.05, 3.63) is 0 Å². The second kappa shape index (κ2) is 3.69. The maximum atomic E-state index is 11.0. The fraction of sp³-hybridized carbons (Fsp3) is 0.909. The first-order chi connectivity index (χ1) is 6.27. The Balaban J connectivity index is 1.84. The van der Waals surface area contributed by atoms with Crippen LogP contribution in [0, 0.1) is 17.8 Å². The van der Waals surface area contributed by atoms with Crippen LogP contribution in [0.15, 0.2) is 0 Å². The smallest absolute Gasteiger partial charge is 0.306 e. The Bertz CT molecular complexity index is 190. The molecule has 2 heteroatoms. The van der Waals surface area contributed by atoms with Gasteiger partial charge in [0.15, 0.2) is 0 Å². The van der Waals surface area contributed by atoms with E-state index < -0.39 is 5.97 Å². The zero-order valence-electron chi connectivity index (χ0n) is 8.04. The molecule has 1 atom stereocenters. The van der Waals surface area contributed by atoms with Crippen molar-refractivity contribution in [3.8, 4) is 0 Å². The average molecular weight is 182 g/mol. The first-order valence-electron chi connectivity index (χ1n) is 5.50. The van der Waals surface area contributed by atoms with E-state index >= 15 is 0 Å². The Morgan fingerprint density at radius 2 is 1.85 bits per heavy atom. The van der Waals surface area contributed by atoms with Crippen LogP contribution in [0.5, 0.6) is 0 Å². The zero-order chi connectivity index (χ0) is 9.26. The molecule has 74 valence electrons. The highest BCUT2D eigenvalue weighted by Gasteiger charge is 2.37. The van der Waals surface area contributed by atoms with Gasteiger partial charge in [0, 0.05) is 0 Å². The average Bonchev–Trinajstić information content (AvgIpc) is 2.79. The van der Waals surface area contributed by atoms with Crippen LogP contribution in [-0.2, 0) is 4.79 Å². The largest absolute Gasteiger partial charge is 0.481 e. The van der Waals surface area contributed by atoms with Crippen molar-refractivity contribution in [2.45, 2.75) is 44.9 Å². The van der Waals surface area contributed by atoms with E-state index in [1.807, 2.05) is 0 Å².